The van der Waals surface area contributed by atoms with Gasteiger partial charge in [0.05, 0.1) is 0 Å². The van der Waals surface area contributed by atoms with E-state index < -0.39 is 30.0 Å². The van der Waals surface area contributed by atoms with E-state index in [1.54, 1.807) is 24.3 Å². The number of nitrogens with one attached hydrogen (secondary N) is 2. The smallest absolute Gasteiger partial charge is 0.485 e. The molecule has 3 rings (SSSR count). The average Bonchev–Trinajstić information content (AvgIpc) is 2.64. The predicted molar refractivity (Wildman–Crippen MR) is 85.1 cm³/mol. The Hall–Kier alpha value is -3.43. The highest BCUT2D eigenvalue weighted by Crippen LogP contribution is 2.30. The van der Waals surface area contributed by atoms with E-state index >= 15 is 0 Å². The van der Waals surface area contributed by atoms with Gasteiger partial charge in [-0.05, 0) is 36.4 Å². The van der Waals surface area contributed by atoms with Crippen molar-refractivity contribution in [2.24, 2.45) is 0 Å². The minimum Gasteiger partial charge on any atom is -0.485 e. The first-order valence-corrected chi connectivity index (χ1v) is 7.66. The Labute approximate surface area is 151 Å². The molecule has 0 bridgehead atoms. The molecule has 0 saturated carbocycles. The van der Waals surface area contributed by atoms with Crippen molar-refractivity contribution in [3.05, 3.63) is 54.1 Å². The van der Waals surface area contributed by atoms with E-state index in [1.165, 1.54) is 0 Å². The van der Waals surface area contributed by atoms with Crippen LogP contribution in [0.25, 0.3) is 0 Å². The number of fused-ring (bicyclic) bond motifs is 1. The molecular weight excluding hydrogens is 369 g/mol. The molecule has 2 N–H and O–H groups in total. The maximum atomic E-state index is 12.1. The van der Waals surface area contributed by atoms with Gasteiger partial charge in [-0.2, -0.15) is 0 Å². The Balaban J connectivity index is 1.52. The van der Waals surface area contributed by atoms with Crippen LogP contribution in [0.4, 0.5) is 13.2 Å². The van der Waals surface area contributed by atoms with E-state index in [1.807, 2.05) is 0 Å². The van der Waals surface area contributed by atoms with Crippen LogP contribution in [0.1, 0.15) is 10.4 Å². The first-order chi connectivity index (χ1) is 12.8. The highest BCUT2D eigenvalue weighted by atomic mass is 19.4. The molecule has 2 amide bonds. The van der Waals surface area contributed by atoms with E-state index in [2.05, 4.69) is 15.6 Å². The van der Waals surface area contributed by atoms with Crippen LogP contribution in [0.5, 0.6) is 17.2 Å². The Morgan fingerprint density at radius 3 is 2.33 bits per heavy atom. The lowest BCUT2D eigenvalue weighted by atomic mass is 10.2. The molecule has 0 spiro atoms. The third kappa shape index (κ3) is 4.81. The maximum absolute atomic E-state index is 12.1. The number of ether oxygens (including phenoxy) is 3. The number of halogens is 3. The molecule has 0 unspecified atom stereocenters. The van der Waals surface area contributed by atoms with Gasteiger partial charge in [-0.1, -0.05) is 12.1 Å². The van der Waals surface area contributed by atoms with Crippen molar-refractivity contribution in [1.82, 2.24) is 10.9 Å². The third-order valence-corrected chi connectivity index (χ3v) is 3.45. The molecule has 10 heteroatoms. The van der Waals surface area contributed by atoms with E-state index in [9.17, 15) is 22.8 Å². The summed E-state index contributed by atoms with van der Waals surface area (Å²) in [4.78, 5) is 24.0. The second kappa shape index (κ2) is 7.44. The SMILES string of the molecule is O=C(NNC(=O)[C@H]1COc2ccccc2O1)c1ccc(OC(F)(F)F)cc1. The molecule has 0 aliphatic carbocycles. The topological polar surface area (TPSA) is 85.9 Å². The van der Waals surface area contributed by atoms with Crippen molar-refractivity contribution < 1.29 is 37.0 Å². The fourth-order valence-electron chi connectivity index (χ4n) is 2.23. The Morgan fingerprint density at radius 1 is 1.00 bits per heavy atom. The quantitative estimate of drug-likeness (QED) is 0.795. The molecular formula is C17H13F3N2O5. The molecule has 0 fully saturated rings. The van der Waals surface area contributed by atoms with Crippen LogP contribution in [-0.2, 0) is 4.79 Å². The van der Waals surface area contributed by atoms with Crippen molar-refractivity contribution in [2.45, 2.75) is 12.5 Å². The van der Waals surface area contributed by atoms with Crippen molar-refractivity contribution in [2.75, 3.05) is 6.61 Å². The molecule has 27 heavy (non-hydrogen) atoms. The number of hydrogen-bond donors (Lipinski definition) is 2. The standard InChI is InChI=1S/C17H13F3N2O5/c18-17(19,20)27-11-7-5-10(6-8-11)15(23)21-22-16(24)14-9-25-12-3-1-2-4-13(12)26-14/h1-8,14H,9H2,(H,21,23)(H,22,24)/t14-/m1/s1. The van der Waals surface area contributed by atoms with E-state index in [0.717, 1.165) is 24.3 Å². The summed E-state index contributed by atoms with van der Waals surface area (Å²) >= 11 is 0. The molecule has 7 nitrogen and oxygen atoms in total. The van der Waals surface area contributed by atoms with Crippen LogP contribution in [0, 0.1) is 0 Å². The normalized spacial score (nSPS) is 15.6. The van der Waals surface area contributed by atoms with Gasteiger partial charge in [-0.15, -0.1) is 13.2 Å². The summed E-state index contributed by atoms with van der Waals surface area (Å²) in [5.74, 6) is -0.925. The third-order valence-electron chi connectivity index (χ3n) is 3.45. The number of hydrogen-bond acceptors (Lipinski definition) is 5. The lowest BCUT2D eigenvalue weighted by Gasteiger charge is -2.25. The van der Waals surface area contributed by atoms with Crippen molar-refractivity contribution >= 4 is 11.8 Å². The molecule has 2 aromatic rings. The van der Waals surface area contributed by atoms with Crippen LogP contribution in [-0.4, -0.2) is 30.9 Å². The first-order valence-electron chi connectivity index (χ1n) is 7.66. The van der Waals surface area contributed by atoms with Crippen molar-refractivity contribution in [3.8, 4) is 17.2 Å². The lowest BCUT2D eigenvalue weighted by Crippen LogP contribution is -2.50. The zero-order valence-electron chi connectivity index (χ0n) is 13.6. The Kier molecular flexibility index (Phi) is 5.06. The summed E-state index contributed by atoms with van der Waals surface area (Å²) in [7, 11) is 0. The van der Waals surface area contributed by atoms with Gasteiger partial charge in [-0.3, -0.25) is 20.4 Å². The maximum Gasteiger partial charge on any atom is 0.573 e. The fraction of sp³-hybridized carbons (Fsp3) is 0.176. The zero-order valence-corrected chi connectivity index (χ0v) is 13.6. The van der Waals surface area contributed by atoms with Gasteiger partial charge in [0.1, 0.15) is 12.4 Å². The average molecular weight is 382 g/mol. The highest BCUT2D eigenvalue weighted by Gasteiger charge is 2.31. The molecule has 1 aliphatic rings. The van der Waals surface area contributed by atoms with Gasteiger partial charge in [0.25, 0.3) is 11.8 Å². The Bertz CT molecular complexity index is 839. The summed E-state index contributed by atoms with van der Waals surface area (Å²) in [5, 5.41) is 0. The van der Waals surface area contributed by atoms with Crippen LogP contribution in [0.15, 0.2) is 48.5 Å². The molecule has 0 radical (unpaired) electrons. The number of amides is 2. The van der Waals surface area contributed by atoms with Gasteiger partial charge in [0.2, 0.25) is 6.10 Å². The number of para-hydroxylation sites is 2. The molecule has 0 saturated heterocycles. The number of hydrazine groups is 1. The predicted octanol–water partition coefficient (Wildman–Crippen LogP) is 2.19. The summed E-state index contributed by atoms with van der Waals surface area (Å²) in [6, 6.07) is 11.0. The van der Waals surface area contributed by atoms with Crippen molar-refractivity contribution in [3.63, 3.8) is 0 Å². The van der Waals surface area contributed by atoms with E-state index in [-0.39, 0.29) is 12.2 Å². The fourth-order valence-corrected chi connectivity index (χ4v) is 2.23. The molecule has 1 aliphatic heterocycles. The number of alkyl halides is 3. The van der Waals surface area contributed by atoms with Gasteiger partial charge in [0.15, 0.2) is 11.5 Å². The largest absolute Gasteiger partial charge is 0.573 e. The summed E-state index contributed by atoms with van der Waals surface area (Å²) in [6.07, 6.45) is -5.79. The monoisotopic (exact) mass is 382 g/mol. The second-order valence-corrected chi connectivity index (χ2v) is 5.38. The van der Waals surface area contributed by atoms with Gasteiger partial charge < -0.3 is 14.2 Å². The van der Waals surface area contributed by atoms with Crippen LogP contribution in [0.3, 0.4) is 0 Å². The first kappa shape index (κ1) is 18.4. The number of rotatable bonds is 3. The summed E-state index contributed by atoms with van der Waals surface area (Å²) < 4.78 is 50.9. The second-order valence-electron chi connectivity index (χ2n) is 5.38. The lowest BCUT2D eigenvalue weighted by molar-refractivity contribution is -0.274. The highest BCUT2D eigenvalue weighted by molar-refractivity contribution is 5.95. The van der Waals surface area contributed by atoms with Crippen LogP contribution >= 0.6 is 0 Å². The minimum atomic E-state index is -4.82. The molecule has 0 aromatic heterocycles. The van der Waals surface area contributed by atoms with Gasteiger partial charge in [-0.25, -0.2) is 0 Å². The number of carbonyl (C=O) groups is 2. The molecule has 1 atom stereocenters. The van der Waals surface area contributed by atoms with E-state index in [0.29, 0.717) is 11.5 Å². The van der Waals surface area contributed by atoms with E-state index in [4.69, 9.17) is 9.47 Å². The zero-order chi connectivity index (χ0) is 19.4. The number of benzene rings is 2. The summed E-state index contributed by atoms with van der Waals surface area (Å²) in [6.45, 7) is -0.0395. The minimum absolute atomic E-state index is 0.0241. The molecule has 1 heterocycles. The molecule has 2 aromatic carbocycles. The Morgan fingerprint density at radius 2 is 1.67 bits per heavy atom. The van der Waals surface area contributed by atoms with Gasteiger partial charge >= 0.3 is 6.36 Å². The number of carbonyl (C=O) groups excluding carboxylic acids is 2. The van der Waals surface area contributed by atoms with Gasteiger partial charge in [0, 0.05) is 5.56 Å². The van der Waals surface area contributed by atoms with Crippen LogP contribution in [0.2, 0.25) is 0 Å². The van der Waals surface area contributed by atoms with Crippen molar-refractivity contribution in [1.29, 1.82) is 0 Å². The summed E-state index contributed by atoms with van der Waals surface area (Å²) in [5.41, 5.74) is 4.35. The molecule has 142 valence electrons. The van der Waals surface area contributed by atoms with Crippen LogP contribution < -0.4 is 25.1 Å².